The molecule has 10 heteroatoms. The first kappa shape index (κ1) is 15.7. The second-order valence-corrected chi connectivity index (χ2v) is 6.10. The second kappa shape index (κ2) is 5.58. The molecule has 2 aromatic rings. The van der Waals surface area contributed by atoms with Gasteiger partial charge in [-0.15, -0.1) is 9.19 Å². The predicted octanol–water partition coefficient (Wildman–Crippen LogP) is -0.227. The summed E-state index contributed by atoms with van der Waals surface area (Å²) in [5.74, 6) is 3.83. The number of aromatic nitrogens is 2. The maximum absolute atomic E-state index is 12.4. The van der Waals surface area contributed by atoms with E-state index in [2.05, 4.69) is 10.5 Å². The first-order valence-corrected chi connectivity index (χ1v) is 7.38. The summed E-state index contributed by atoms with van der Waals surface area (Å²) < 4.78 is 25.1. The Labute approximate surface area is 125 Å². The number of hydrogen-bond donors (Lipinski definition) is 3. The summed E-state index contributed by atoms with van der Waals surface area (Å²) in [6, 6.07) is 5.71. The van der Waals surface area contributed by atoms with Crippen LogP contribution < -0.4 is 16.8 Å². The lowest BCUT2D eigenvalue weighted by Gasteiger charge is -2.09. The minimum absolute atomic E-state index is 0.0336. The fourth-order valence-corrected chi connectivity index (χ4v) is 2.94. The zero-order valence-corrected chi connectivity index (χ0v) is 12.2. The fraction of sp³-hybridized carbons (Fsp3) is 0.0833. The van der Waals surface area contributed by atoms with E-state index in [1.807, 2.05) is 0 Å². The Balaban J connectivity index is 2.68. The van der Waals surface area contributed by atoms with E-state index in [1.165, 1.54) is 25.1 Å². The smallest absolute Gasteiger partial charge is 0.335 e. The number of hydrogen-bond acceptors (Lipinski definition) is 7. The number of nitrogens with two attached hydrogens (primary N) is 1. The molecule has 116 valence electrons. The molecule has 0 aliphatic rings. The van der Waals surface area contributed by atoms with Crippen LogP contribution >= 0.6 is 0 Å². The number of aryl methyl sites for hydroxylation is 1. The SMILES string of the molecule is Cc1ccc(S(=O)(=O)n2nc(NN)ccc2=O)cc1C(=O)O. The number of nitrogen functional groups attached to an aromatic ring is 1. The van der Waals surface area contributed by atoms with Gasteiger partial charge < -0.3 is 10.5 Å². The maximum atomic E-state index is 12.4. The Hall–Kier alpha value is -2.72. The first-order valence-electron chi connectivity index (χ1n) is 5.94. The summed E-state index contributed by atoms with van der Waals surface area (Å²) in [4.78, 5) is 22.5. The Kier molecular flexibility index (Phi) is 3.97. The highest BCUT2D eigenvalue weighted by molar-refractivity contribution is 7.89. The Morgan fingerprint density at radius 2 is 2.00 bits per heavy atom. The number of carboxylic acids is 1. The van der Waals surface area contributed by atoms with Crippen molar-refractivity contribution in [2.75, 3.05) is 5.43 Å². The van der Waals surface area contributed by atoms with Gasteiger partial charge in [-0.05, 0) is 30.7 Å². The largest absolute Gasteiger partial charge is 0.478 e. The monoisotopic (exact) mass is 324 g/mol. The highest BCUT2D eigenvalue weighted by atomic mass is 32.2. The van der Waals surface area contributed by atoms with Gasteiger partial charge in [-0.2, -0.15) is 8.42 Å². The number of anilines is 1. The Bertz CT molecular complexity index is 904. The Morgan fingerprint density at radius 1 is 1.32 bits per heavy atom. The molecule has 2 rings (SSSR count). The normalized spacial score (nSPS) is 11.2. The molecule has 0 amide bonds. The molecule has 0 saturated heterocycles. The van der Waals surface area contributed by atoms with Crippen LogP contribution in [0.3, 0.4) is 0 Å². The van der Waals surface area contributed by atoms with E-state index in [1.54, 1.807) is 0 Å². The van der Waals surface area contributed by atoms with E-state index < -0.39 is 21.6 Å². The molecule has 1 aromatic carbocycles. The molecule has 0 aliphatic carbocycles. The van der Waals surface area contributed by atoms with Crippen LogP contribution in [0, 0.1) is 6.92 Å². The van der Waals surface area contributed by atoms with Gasteiger partial charge in [0.15, 0.2) is 5.82 Å². The molecule has 0 radical (unpaired) electrons. The van der Waals surface area contributed by atoms with Crippen molar-refractivity contribution in [3.63, 3.8) is 0 Å². The first-order chi connectivity index (χ1) is 10.3. The molecule has 0 aliphatic heterocycles. The van der Waals surface area contributed by atoms with E-state index in [4.69, 9.17) is 10.9 Å². The van der Waals surface area contributed by atoms with Crippen molar-refractivity contribution < 1.29 is 18.3 Å². The molecule has 0 bridgehead atoms. The maximum Gasteiger partial charge on any atom is 0.335 e. The van der Waals surface area contributed by atoms with Crippen LogP contribution in [0.15, 0.2) is 40.0 Å². The number of carbonyl (C=O) groups is 1. The third-order valence-electron chi connectivity index (χ3n) is 2.88. The zero-order chi connectivity index (χ0) is 16.5. The van der Waals surface area contributed by atoms with Gasteiger partial charge in [0, 0.05) is 6.07 Å². The lowest BCUT2D eigenvalue weighted by molar-refractivity contribution is 0.0696. The average molecular weight is 324 g/mol. The number of benzene rings is 1. The van der Waals surface area contributed by atoms with Crippen molar-refractivity contribution in [2.45, 2.75) is 11.8 Å². The molecule has 0 unspecified atom stereocenters. The van der Waals surface area contributed by atoms with Crippen molar-refractivity contribution in [1.29, 1.82) is 0 Å². The molecule has 22 heavy (non-hydrogen) atoms. The molecular weight excluding hydrogens is 312 g/mol. The third-order valence-corrected chi connectivity index (χ3v) is 4.45. The number of aromatic carboxylic acids is 1. The molecule has 0 fully saturated rings. The number of carboxylic acid groups (broad SMARTS) is 1. The number of nitrogens with zero attached hydrogens (tertiary/aromatic N) is 2. The van der Waals surface area contributed by atoms with Crippen molar-refractivity contribution in [3.05, 3.63) is 51.8 Å². The molecule has 4 N–H and O–H groups in total. The van der Waals surface area contributed by atoms with Gasteiger partial charge in [-0.3, -0.25) is 4.79 Å². The number of nitrogens with one attached hydrogen (secondary N) is 1. The molecule has 0 spiro atoms. The lowest BCUT2D eigenvalue weighted by Crippen LogP contribution is -2.30. The molecule has 9 nitrogen and oxygen atoms in total. The highest BCUT2D eigenvalue weighted by Gasteiger charge is 2.22. The van der Waals surface area contributed by atoms with Crippen molar-refractivity contribution in [1.82, 2.24) is 9.19 Å². The van der Waals surface area contributed by atoms with Gasteiger partial charge in [-0.1, -0.05) is 6.07 Å². The Morgan fingerprint density at radius 3 is 2.59 bits per heavy atom. The quantitative estimate of drug-likeness (QED) is 0.517. The second-order valence-electron chi connectivity index (χ2n) is 4.33. The van der Waals surface area contributed by atoms with E-state index in [0.29, 0.717) is 5.56 Å². The summed E-state index contributed by atoms with van der Waals surface area (Å²) in [5, 5.41) is 12.6. The standard InChI is InChI=1S/C12H12N4O5S/c1-7-2-3-8(6-9(7)12(18)19)22(20,21)16-11(17)5-4-10(14-13)15-16/h2-6H,13H2,1H3,(H,14,15)(H,18,19). The average Bonchev–Trinajstić information content (AvgIpc) is 2.47. The summed E-state index contributed by atoms with van der Waals surface area (Å²) in [7, 11) is -4.34. The molecule has 0 atom stereocenters. The van der Waals surface area contributed by atoms with Gasteiger partial charge >= 0.3 is 5.97 Å². The van der Waals surface area contributed by atoms with Crippen LogP contribution in [0.5, 0.6) is 0 Å². The van der Waals surface area contributed by atoms with Gasteiger partial charge in [-0.25, -0.2) is 10.6 Å². The summed E-state index contributed by atoms with van der Waals surface area (Å²) in [6.45, 7) is 1.53. The minimum Gasteiger partial charge on any atom is -0.478 e. The fourth-order valence-electron chi connectivity index (χ4n) is 1.74. The molecule has 0 saturated carbocycles. The highest BCUT2D eigenvalue weighted by Crippen LogP contribution is 2.17. The van der Waals surface area contributed by atoms with Gasteiger partial charge in [0.1, 0.15) is 0 Å². The summed E-state index contributed by atoms with van der Waals surface area (Å²) >= 11 is 0. The third kappa shape index (κ3) is 2.69. The van der Waals surface area contributed by atoms with Gasteiger partial charge in [0.2, 0.25) is 0 Å². The van der Waals surface area contributed by atoms with Crippen LogP contribution in [0.4, 0.5) is 5.82 Å². The summed E-state index contributed by atoms with van der Waals surface area (Å²) in [6.07, 6.45) is 0. The van der Waals surface area contributed by atoms with Crippen molar-refractivity contribution in [3.8, 4) is 0 Å². The topological polar surface area (TPSA) is 144 Å². The van der Waals surface area contributed by atoms with E-state index >= 15 is 0 Å². The van der Waals surface area contributed by atoms with E-state index in [0.717, 1.165) is 12.1 Å². The van der Waals surface area contributed by atoms with Crippen LogP contribution in [0.1, 0.15) is 15.9 Å². The molecular formula is C12H12N4O5S. The van der Waals surface area contributed by atoms with Crippen LogP contribution in [0.2, 0.25) is 0 Å². The van der Waals surface area contributed by atoms with Crippen molar-refractivity contribution >= 4 is 21.8 Å². The zero-order valence-electron chi connectivity index (χ0n) is 11.3. The van der Waals surface area contributed by atoms with Crippen molar-refractivity contribution in [2.24, 2.45) is 5.84 Å². The van der Waals surface area contributed by atoms with Gasteiger partial charge in [0.05, 0.1) is 10.5 Å². The van der Waals surface area contributed by atoms with E-state index in [-0.39, 0.29) is 20.4 Å². The number of rotatable bonds is 4. The van der Waals surface area contributed by atoms with Crippen LogP contribution in [0.25, 0.3) is 0 Å². The molecule has 1 aromatic heterocycles. The van der Waals surface area contributed by atoms with Crippen LogP contribution in [-0.2, 0) is 10.0 Å². The molecule has 1 heterocycles. The summed E-state index contributed by atoms with van der Waals surface area (Å²) in [5.41, 5.74) is 1.45. The predicted molar refractivity (Wildman–Crippen MR) is 77.0 cm³/mol. The number of hydrazine groups is 1. The lowest BCUT2D eigenvalue weighted by atomic mass is 10.1. The van der Waals surface area contributed by atoms with Crippen LogP contribution in [-0.4, -0.2) is 28.7 Å². The minimum atomic E-state index is -4.34. The van der Waals surface area contributed by atoms with E-state index in [9.17, 15) is 18.0 Å². The van der Waals surface area contributed by atoms with Gasteiger partial charge in [0.25, 0.3) is 15.6 Å².